The fourth-order valence-corrected chi connectivity index (χ4v) is 4.05. The van der Waals surface area contributed by atoms with E-state index in [1.54, 1.807) is 7.11 Å². The highest BCUT2D eigenvalue weighted by Gasteiger charge is 2.13. The minimum atomic E-state index is 0.689. The van der Waals surface area contributed by atoms with Crippen LogP contribution in [0.25, 0.3) is 0 Å². The van der Waals surface area contributed by atoms with Gasteiger partial charge < -0.3 is 14.2 Å². The Bertz CT molecular complexity index is 978. The third-order valence-electron chi connectivity index (χ3n) is 5.89. The summed E-state index contributed by atoms with van der Waals surface area (Å²) >= 11 is 0. The topological polar surface area (TPSA) is 48.8 Å². The second kappa shape index (κ2) is 11.2. The Hall–Kier alpha value is -2.83. The van der Waals surface area contributed by atoms with Crippen molar-refractivity contribution in [1.82, 2.24) is 14.7 Å². The summed E-state index contributed by atoms with van der Waals surface area (Å²) in [5, 5.41) is 4.84. The fourth-order valence-electron chi connectivity index (χ4n) is 4.05. The average Bonchev–Trinajstić information content (AvgIpc) is 3.22. The number of hydrogen-bond acceptors (Lipinski definition) is 5. The summed E-state index contributed by atoms with van der Waals surface area (Å²) in [7, 11) is 1.69. The molecule has 1 aliphatic rings. The third-order valence-corrected chi connectivity index (χ3v) is 5.89. The van der Waals surface area contributed by atoms with Crippen molar-refractivity contribution in [2.75, 3.05) is 46.6 Å². The predicted octanol–water partition coefficient (Wildman–Crippen LogP) is 3.80. The second-order valence-corrected chi connectivity index (χ2v) is 8.09. The first-order chi connectivity index (χ1) is 15.7. The highest BCUT2D eigenvalue weighted by molar-refractivity contribution is 5.38. The van der Waals surface area contributed by atoms with Gasteiger partial charge in [-0.2, -0.15) is 5.10 Å². The van der Waals surface area contributed by atoms with Gasteiger partial charge >= 0.3 is 0 Å². The van der Waals surface area contributed by atoms with Crippen LogP contribution in [0.15, 0.2) is 54.7 Å². The first-order valence-corrected chi connectivity index (χ1v) is 11.4. The van der Waals surface area contributed by atoms with E-state index in [9.17, 15) is 0 Å². The molecule has 0 spiro atoms. The molecule has 1 aliphatic heterocycles. The van der Waals surface area contributed by atoms with Gasteiger partial charge in [-0.3, -0.25) is 9.58 Å². The molecule has 0 unspecified atom stereocenters. The van der Waals surface area contributed by atoms with Gasteiger partial charge in [0.05, 0.1) is 32.6 Å². The fraction of sp³-hybridized carbons (Fsp3) is 0.423. The maximum atomic E-state index is 6.19. The van der Waals surface area contributed by atoms with Crippen LogP contribution in [0.3, 0.4) is 0 Å². The summed E-state index contributed by atoms with van der Waals surface area (Å²) in [6.07, 6.45) is 3.90. The van der Waals surface area contributed by atoms with Crippen molar-refractivity contribution in [2.45, 2.75) is 26.3 Å². The molecule has 0 atom stereocenters. The predicted molar refractivity (Wildman–Crippen MR) is 126 cm³/mol. The minimum Gasteiger partial charge on any atom is -0.497 e. The van der Waals surface area contributed by atoms with Gasteiger partial charge in [0.25, 0.3) is 0 Å². The molecule has 0 radical (unpaired) electrons. The number of morpholine rings is 1. The lowest BCUT2D eigenvalue weighted by Gasteiger charge is -2.26. The van der Waals surface area contributed by atoms with E-state index in [0.29, 0.717) is 6.61 Å². The zero-order valence-corrected chi connectivity index (χ0v) is 19.1. The van der Waals surface area contributed by atoms with Crippen molar-refractivity contribution in [3.8, 4) is 11.5 Å². The maximum absolute atomic E-state index is 6.19. The Labute approximate surface area is 190 Å². The molecule has 170 valence electrons. The SMILES string of the molecule is CCc1nn(Cc2ccc(OC)cc2)cc1Cc1ccccc1OCCN1CCOCC1. The van der Waals surface area contributed by atoms with Crippen LogP contribution in [-0.2, 0) is 24.1 Å². The molecule has 4 rings (SSSR count). The van der Waals surface area contributed by atoms with E-state index in [0.717, 1.165) is 69.4 Å². The molecule has 1 aromatic heterocycles. The molecule has 0 amide bonds. The number of hydrogen-bond donors (Lipinski definition) is 0. The lowest BCUT2D eigenvalue weighted by atomic mass is 10.0. The average molecular weight is 436 g/mol. The number of methoxy groups -OCH3 is 1. The first-order valence-electron chi connectivity index (χ1n) is 11.4. The van der Waals surface area contributed by atoms with E-state index in [2.05, 4.69) is 48.4 Å². The number of nitrogens with zero attached hydrogens (tertiary/aromatic N) is 3. The van der Waals surface area contributed by atoms with E-state index >= 15 is 0 Å². The van der Waals surface area contributed by atoms with Gasteiger partial charge in [-0.1, -0.05) is 37.3 Å². The van der Waals surface area contributed by atoms with Crippen molar-refractivity contribution in [2.24, 2.45) is 0 Å². The molecular weight excluding hydrogens is 402 g/mol. The van der Waals surface area contributed by atoms with Gasteiger partial charge in [0.2, 0.25) is 0 Å². The highest BCUT2D eigenvalue weighted by atomic mass is 16.5. The molecule has 0 saturated carbocycles. The Kier molecular flexibility index (Phi) is 7.80. The number of benzene rings is 2. The molecular formula is C26H33N3O3. The van der Waals surface area contributed by atoms with Crippen LogP contribution in [0.1, 0.15) is 29.3 Å². The van der Waals surface area contributed by atoms with Crippen molar-refractivity contribution in [3.63, 3.8) is 0 Å². The molecule has 0 bridgehead atoms. The smallest absolute Gasteiger partial charge is 0.122 e. The molecule has 3 aromatic rings. The van der Waals surface area contributed by atoms with E-state index in [1.807, 2.05) is 22.9 Å². The molecule has 1 saturated heterocycles. The van der Waals surface area contributed by atoms with Crippen molar-refractivity contribution >= 4 is 0 Å². The quantitative estimate of drug-likeness (QED) is 0.485. The van der Waals surface area contributed by atoms with Crippen LogP contribution in [0, 0.1) is 0 Å². The molecule has 32 heavy (non-hydrogen) atoms. The number of ether oxygens (including phenoxy) is 3. The molecule has 6 nitrogen and oxygen atoms in total. The van der Waals surface area contributed by atoms with E-state index in [1.165, 1.54) is 16.7 Å². The van der Waals surface area contributed by atoms with Crippen LogP contribution >= 0.6 is 0 Å². The van der Waals surface area contributed by atoms with E-state index in [-0.39, 0.29) is 0 Å². The van der Waals surface area contributed by atoms with Crippen LogP contribution in [0.2, 0.25) is 0 Å². The molecule has 0 aliphatic carbocycles. The summed E-state index contributed by atoms with van der Waals surface area (Å²) in [5.74, 6) is 1.83. The summed E-state index contributed by atoms with van der Waals surface area (Å²) in [4.78, 5) is 2.39. The zero-order valence-electron chi connectivity index (χ0n) is 19.1. The normalized spacial score (nSPS) is 14.4. The largest absolute Gasteiger partial charge is 0.497 e. The maximum Gasteiger partial charge on any atom is 0.122 e. The molecule has 2 heterocycles. The second-order valence-electron chi connectivity index (χ2n) is 8.09. The summed E-state index contributed by atoms with van der Waals surface area (Å²) in [6.45, 7) is 8.12. The lowest BCUT2D eigenvalue weighted by Crippen LogP contribution is -2.38. The number of rotatable bonds is 10. The Morgan fingerprint density at radius 2 is 1.78 bits per heavy atom. The zero-order chi connectivity index (χ0) is 22.2. The monoisotopic (exact) mass is 435 g/mol. The van der Waals surface area contributed by atoms with Gasteiger partial charge in [-0.25, -0.2) is 0 Å². The van der Waals surface area contributed by atoms with Gasteiger partial charge in [0.1, 0.15) is 18.1 Å². The van der Waals surface area contributed by atoms with Gasteiger partial charge in [0, 0.05) is 32.3 Å². The molecule has 6 heteroatoms. The van der Waals surface area contributed by atoms with Crippen molar-refractivity contribution in [1.29, 1.82) is 0 Å². The Balaban J connectivity index is 1.41. The molecule has 2 aromatic carbocycles. The van der Waals surface area contributed by atoms with E-state index < -0.39 is 0 Å². The van der Waals surface area contributed by atoms with E-state index in [4.69, 9.17) is 19.3 Å². The number of aryl methyl sites for hydroxylation is 1. The van der Waals surface area contributed by atoms with Gasteiger partial charge in [-0.15, -0.1) is 0 Å². The Morgan fingerprint density at radius 1 is 1.00 bits per heavy atom. The third kappa shape index (κ3) is 5.90. The van der Waals surface area contributed by atoms with Crippen LogP contribution in [-0.4, -0.2) is 61.2 Å². The van der Waals surface area contributed by atoms with Gasteiger partial charge in [-0.05, 0) is 41.3 Å². The molecule has 1 fully saturated rings. The minimum absolute atomic E-state index is 0.689. The lowest BCUT2D eigenvalue weighted by molar-refractivity contribution is 0.0322. The standard InChI is InChI=1S/C26H33N3O3/c1-3-25-23(20-29(27-25)19-21-8-10-24(30-2)11-9-21)18-22-6-4-5-7-26(22)32-17-14-28-12-15-31-16-13-28/h4-11,20H,3,12-19H2,1-2H3. The highest BCUT2D eigenvalue weighted by Crippen LogP contribution is 2.23. The number of para-hydroxylation sites is 1. The number of aromatic nitrogens is 2. The Morgan fingerprint density at radius 3 is 2.53 bits per heavy atom. The summed E-state index contributed by atoms with van der Waals surface area (Å²) < 4.78 is 18.9. The first kappa shape index (κ1) is 22.4. The summed E-state index contributed by atoms with van der Waals surface area (Å²) in [6, 6.07) is 16.5. The summed E-state index contributed by atoms with van der Waals surface area (Å²) in [5.41, 5.74) is 4.80. The molecule has 0 N–H and O–H groups in total. The van der Waals surface area contributed by atoms with Crippen LogP contribution in [0.5, 0.6) is 11.5 Å². The van der Waals surface area contributed by atoms with Crippen molar-refractivity contribution in [3.05, 3.63) is 77.1 Å². The van der Waals surface area contributed by atoms with Crippen LogP contribution < -0.4 is 9.47 Å². The van der Waals surface area contributed by atoms with Crippen LogP contribution in [0.4, 0.5) is 0 Å². The van der Waals surface area contributed by atoms with Gasteiger partial charge in [0.15, 0.2) is 0 Å². The van der Waals surface area contributed by atoms with Crippen molar-refractivity contribution < 1.29 is 14.2 Å².